The Balaban J connectivity index is 1.76. The first-order valence-corrected chi connectivity index (χ1v) is 9.84. The fraction of sp³-hybridized carbons (Fsp3) is 0.636. The standard InChI is InChI=1S/C22H33N3/c1-14(2)22-13-18(9-10-25(22)15(3)4)20-7-8-21(24-20)19-11-16(5)23-17(6)12-19/h7,11-12,14-15,18,22H,8-10,13H2,1-6H3. The highest BCUT2D eigenvalue weighted by Gasteiger charge is 2.34. The molecule has 2 atom stereocenters. The molecule has 1 saturated heterocycles. The number of hydrogen-bond acceptors (Lipinski definition) is 3. The molecule has 0 saturated carbocycles. The first-order chi connectivity index (χ1) is 11.8. The molecule has 1 fully saturated rings. The molecule has 0 spiro atoms. The van der Waals surface area contributed by atoms with Gasteiger partial charge in [-0.25, -0.2) is 0 Å². The molecular formula is C22H33N3. The van der Waals surface area contributed by atoms with Crippen LogP contribution in [0.25, 0.3) is 0 Å². The zero-order valence-corrected chi connectivity index (χ0v) is 16.7. The predicted octanol–water partition coefficient (Wildman–Crippen LogP) is 4.92. The minimum atomic E-state index is 0.615. The van der Waals surface area contributed by atoms with Crippen molar-refractivity contribution in [2.24, 2.45) is 16.8 Å². The number of hydrogen-bond donors (Lipinski definition) is 0. The van der Waals surface area contributed by atoms with Gasteiger partial charge in [0, 0.05) is 41.5 Å². The van der Waals surface area contributed by atoms with Gasteiger partial charge in [0.2, 0.25) is 0 Å². The molecular weight excluding hydrogens is 306 g/mol. The van der Waals surface area contributed by atoms with Gasteiger partial charge in [0.15, 0.2) is 0 Å². The summed E-state index contributed by atoms with van der Waals surface area (Å²) >= 11 is 0. The Morgan fingerprint density at radius 1 is 1.08 bits per heavy atom. The average Bonchev–Trinajstić information content (AvgIpc) is 3.03. The number of aryl methyl sites for hydroxylation is 2. The summed E-state index contributed by atoms with van der Waals surface area (Å²) in [6.45, 7) is 14.7. The van der Waals surface area contributed by atoms with E-state index in [-0.39, 0.29) is 0 Å². The van der Waals surface area contributed by atoms with Crippen molar-refractivity contribution in [1.29, 1.82) is 0 Å². The first-order valence-electron chi connectivity index (χ1n) is 9.84. The summed E-state index contributed by atoms with van der Waals surface area (Å²) in [5.74, 6) is 1.31. The summed E-state index contributed by atoms with van der Waals surface area (Å²) < 4.78 is 0. The minimum Gasteiger partial charge on any atom is -0.298 e. The monoisotopic (exact) mass is 339 g/mol. The summed E-state index contributed by atoms with van der Waals surface area (Å²) in [4.78, 5) is 12.2. The van der Waals surface area contributed by atoms with Crippen molar-refractivity contribution in [1.82, 2.24) is 9.88 Å². The summed E-state index contributed by atoms with van der Waals surface area (Å²) in [5, 5.41) is 0. The number of nitrogens with zero attached hydrogens (tertiary/aromatic N) is 3. The van der Waals surface area contributed by atoms with E-state index in [0.717, 1.165) is 17.8 Å². The van der Waals surface area contributed by atoms with E-state index >= 15 is 0 Å². The lowest BCUT2D eigenvalue weighted by atomic mass is 9.83. The fourth-order valence-corrected chi connectivity index (χ4v) is 4.47. The highest BCUT2D eigenvalue weighted by atomic mass is 15.2. The van der Waals surface area contributed by atoms with Crippen LogP contribution in [0.3, 0.4) is 0 Å². The number of aliphatic imine (C=N–C) groups is 1. The van der Waals surface area contributed by atoms with Crippen LogP contribution in [0.15, 0.2) is 28.9 Å². The van der Waals surface area contributed by atoms with E-state index in [1.54, 1.807) is 0 Å². The van der Waals surface area contributed by atoms with Crippen LogP contribution in [0.1, 0.15) is 63.9 Å². The van der Waals surface area contributed by atoms with Crippen LogP contribution in [0.2, 0.25) is 0 Å². The molecule has 3 heterocycles. The van der Waals surface area contributed by atoms with Gasteiger partial charge in [-0.1, -0.05) is 19.9 Å². The smallest absolute Gasteiger partial charge is 0.0518 e. The summed E-state index contributed by atoms with van der Waals surface area (Å²) in [7, 11) is 0. The number of likely N-dealkylation sites (tertiary alicyclic amines) is 1. The van der Waals surface area contributed by atoms with Crippen LogP contribution in [0.4, 0.5) is 0 Å². The molecule has 3 heteroatoms. The van der Waals surface area contributed by atoms with E-state index in [1.165, 1.54) is 36.4 Å². The maximum Gasteiger partial charge on any atom is 0.0518 e. The van der Waals surface area contributed by atoms with Crippen molar-refractivity contribution in [3.05, 3.63) is 40.9 Å². The fourth-order valence-electron chi connectivity index (χ4n) is 4.47. The van der Waals surface area contributed by atoms with E-state index in [0.29, 0.717) is 23.9 Å². The SMILES string of the molecule is Cc1cc(C2=NC(C3CCN(C(C)C)C(C(C)C)C3)=CC2)cc(C)n1. The lowest BCUT2D eigenvalue weighted by molar-refractivity contribution is 0.0618. The molecule has 3 nitrogen and oxygen atoms in total. The number of rotatable bonds is 4. The van der Waals surface area contributed by atoms with E-state index < -0.39 is 0 Å². The van der Waals surface area contributed by atoms with E-state index in [4.69, 9.17) is 4.99 Å². The maximum absolute atomic E-state index is 5.06. The van der Waals surface area contributed by atoms with E-state index in [2.05, 4.69) is 69.6 Å². The van der Waals surface area contributed by atoms with Gasteiger partial charge in [0.05, 0.1) is 5.71 Å². The Hall–Kier alpha value is -1.48. The van der Waals surface area contributed by atoms with Crippen molar-refractivity contribution in [3.8, 4) is 0 Å². The van der Waals surface area contributed by atoms with Crippen LogP contribution in [0.5, 0.6) is 0 Å². The van der Waals surface area contributed by atoms with Gasteiger partial charge in [0.25, 0.3) is 0 Å². The van der Waals surface area contributed by atoms with E-state index in [9.17, 15) is 0 Å². The number of piperidine rings is 1. The van der Waals surface area contributed by atoms with Crippen LogP contribution >= 0.6 is 0 Å². The van der Waals surface area contributed by atoms with Crippen molar-refractivity contribution in [2.45, 2.75) is 72.9 Å². The summed E-state index contributed by atoms with van der Waals surface area (Å²) in [5.41, 5.74) is 5.95. The highest BCUT2D eigenvalue weighted by molar-refractivity contribution is 6.03. The van der Waals surface area contributed by atoms with Crippen LogP contribution in [0, 0.1) is 25.7 Å². The van der Waals surface area contributed by atoms with Gasteiger partial charge in [-0.05, 0) is 70.7 Å². The third kappa shape index (κ3) is 4.03. The molecule has 2 aliphatic rings. The second-order valence-electron chi connectivity index (χ2n) is 8.39. The zero-order valence-electron chi connectivity index (χ0n) is 16.7. The first kappa shape index (κ1) is 18.3. The van der Waals surface area contributed by atoms with Crippen molar-refractivity contribution in [3.63, 3.8) is 0 Å². The number of aromatic nitrogens is 1. The Labute approximate surface area is 153 Å². The van der Waals surface area contributed by atoms with Gasteiger partial charge in [-0.3, -0.25) is 14.9 Å². The largest absolute Gasteiger partial charge is 0.298 e. The lowest BCUT2D eigenvalue weighted by Crippen LogP contribution is -2.48. The quantitative estimate of drug-likeness (QED) is 0.779. The second-order valence-corrected chi connectivity index (χ2v) is 8.39. The molecule has 2 aliphatic heterocycles. The molecule has 1 aromatic heterocycles. The number of pyridine rings is 1. The molecule has 25 heavy (non-hydrogen) atoms. The van der Waals surface area contributed by atoms with Crippen molar-refractivity contribution in [2.75, 3.05) is 6.54 Å². The Morgan fingerprint density at radius 2 is 1.76 bits per heavy atom. The normalized spacial score (nSPS) is 24.8. The molecule has 0 bridgehead atoms. The van der Waals surface area contributed by atoms with Gasteiger partial charge in [-0.15, -0.1) is 0 Å². The van der Waals surface area contributed by atoms with Gasteiger partial charge >= 0.3 is 0 Å². The van der Waals surface area contributed by atoms with Gasteiger partial charge in [0.1, 0.15) is 0 Å². The molecule has 0 amide bonds. The summed E-state index contributed by atoms with van der Waals surface area (Å²) in [6, 6.07) is 5.64. The number of allylic oxidation sites excluding steroid dienone is 2. The molecule has 0 aromatic carbocycles. The molecule has 0 aliphatic carbocycles. The average molecular weight is 340 g/mol. The Bertz CT molecular complexity index is 664. The van der Waals surface area contributed by atoms with Crippen LogP contribution < -0.4 is 0 Å². The lowest BCUT2D eigenvalue weighted by Gasteiger charge is -2.44. The second kappa shape index (κ2) is 7.41. The minimum absolute atomic E-state index is 0.615. The molecule has 0 radical (unpaired) electrons. The van der Waals surface area contributed by atoms with Gasteiger partial charge in [-0.2, -0.15) is 0 Å². The molecule has 136 valence electrons. The van der Waals surface area contributed by atoms with E-state index in [1.807, 2.05) is 0 Å². The molecule has 2 unspecified atom stereocenters. The van der Waals surface area contributed by atoms with Crippen molar-refractivity contribution < 1.29 is 0 Å². The van der Waals surface area contributed by atoms with Gasteiger partial charge < -0.3 is 0 Å². The predicted molar refractivity (Wildman–Crippen MR) is 106 cm³/mol. The Kier molecular flexibility index (Phi) is 5.43. The van der Waals surface area contributed by atoms with Crippen molar-refractivity contribution >= 4 is 5.71 Å². The molecule has 3 rings (SSSR count). The van der Waals surface area contributed by atoms with Crippen LogP contribution in [-0.2, 0) is 0 Å². The molecule has 0 N–H and O–H groups in total. The topological polar surface area (TPSA) is 28.5 Å². The highest BCUT2D eigenvalue weighted by Crippen LogP contribution is 2.36. The zero-order chi connectivity index (χ0) is 18.1. The maximum atomic E-state index is 5.06. The third-order valence-corrected chi connectivity index (χ3v) is 5.72. The Morgan fingerprint density at radius 3 is 2.36 bits per heavy atom. The third-order valence-electron chi connectivity index (χ3n) is 5.72. The summed E-state index contributed by atoms with van der Waals surface area (Å²) in [6.07, 6.45) is 5.81. The van der Waals surface area contributed by atoms with Crippen LogP contribution in [-0.4, -0.2) is 34.2 Å². The molecule has 1 aromatic rings.